The summed E-state index contributed by atoms with van der Waals surface area (Å²) in [4.78, 5) is 26.6. The van der Waals surface area contributed by atoms with Crippen molar-refractivity contribution < 1.29 is 14.7 Å². The summed E-state index contributed by atoms with van der Waals surface area (Å²) in [6.07, 6.45) is 8.07. The molecular weight excluding hydrogens is 280 g/mol. The predicted octanol–water partition coefficient (Wildman–Crippen LogP) is 1.30. The molecule has 1 heterocycles. The molecule has 1 saturated heterocycles. The fourth-order valence-electron chi connectivity index (χ4n) is 3.90. The first-order valence-corrected chi connectivity index (χ1v) is 8.89. The lowest BCUT2D eigenvalue weighted by molar-refractivity contribution is -0.137. The third-order valence-electron chi connectivity index (χ3n) is 5.50. The highest BCUT2D eigenvalue weighted by Gasteiger charge is 2.37. The van der Waals surface area contributed by atoms with Gasteiger partial charge in [0.25, 0.3) is 0 Å². The highest BCUT2D eigenvalue weighted by atomic mass is 16.3. The van der Waals surface area contributed by atoms with Gasteiger partial charge in [0.2, 0.25) is 11.8 Å². The molecule has 1 aliphatic heterocycles. The summed E-state index contributed by atoms with van der Waals surface area (Å²) in [5.41, 5.74) is 0. The van der Waals surface area contributed by atoms with E-state index in [2.05, 4.69) is 5.32 Å². The minimum absolute atomic E-state index is 0.0716. The highest BCUT2D eigenvalue weighted by molar-refractivity contribution is 5.83. The number of hydrogen-bond donors (Lipinski definition) is 2. The van der Waals surface area contributed by atoms with Crippen molar-refractivity contribution in [3.05, 3.63) is 0 Å². The van der Waals surface area contributed by atoms with Crippen LogP contribution in [0.2, 0.25) is 0 Å². The van der Waals surface area contributed by atoms with Crippen molar-refractivity contribution in [3.8, 4) is 0 Å². The number of aliphatic hydroxyl groups excluding tert-OH is 1. The van der Waals surface area contributed by atoms with Crippen LogP contribution in [-0.4, -0.2) is 47.6 Å². The van der Waals surface area contributed by atoms with E-state index in [9.17, 15) is 14.7 Å². The molecule has 0 spiro atoms. The number of carbonyl (C=O) groups is 2. The van der Waals surface area contributed by atoms with Crippen molar-refractivity contribution >= 4 is 11.8 Å². The molecule has 22 heavy (non-hydrogen) atoms. The lowest BCUT2D eigenvalue weighted by Gasteiger charge is -2.35. The summed E-state index contributed by atoms with van der Waals surface area (Å²) >= 11 is 0. The second-order valence-electron chi connectivity index (χ2n) is 7.24. The average Bonchev–Trinajstić information content (AvgIpc) is 3.39. The summed E-state index contributed by atoms with van der Waals surface area (Å²) in [5.74, 6) is 0.698. The number of rotatable bonds is 4. The van der Waals surface area contributed by atoms with Gasteiger partial charge < -0.3 is 15.3 Å². The van der Waals surface area contributed by atoms with E-state index in [4.69, 9.17) is 0 Å². The van der Waals surface area contributed by atoms with E-state index >= 15 is 0 Å². The summed E-state index contributed by atoms with van der Waals surface area (Å²) in [6, 6.07) is 0.112. The Morgan fingerprint density at radius 2 is 1.77 bits per heavy atom. The maximum Gasteiger partial charge on any atom is 0.225 e. The number of piperidine rings is 1. The standard InChI is InChI=1S/C17H28N2O3/c20-11-14-4-1-2-6-15(14)18-16(21)13-5-3-9-19(10-13)17(22)12-7-8-12/h12-15,20H,1-11H2,(H,18,21). The van der Waals surface area contributed by atoms with Gasteiger partial charge in [0.1, 0.15) is 0 Å². The van der Waals surface area contributed by atoms with Crippen molar-refractivity contribution in [2.45, 2.75) is 57.4 Å². The maximum atomic E-state index is 12.6. The molecule has 0 radical (unpaired) electrons. The first kappa shape index (κ1) is 15.8. The second-order valence-corrected chi connectivity index (χ2v) is 7.24. The summed E-state index contributed by atoms with van der Waals surface area (Å²) in [5, 5.41) is 12.6. The summed E-state index contributed by atoms with van der Waals surface area (Å²) in [7, 11) is 0. The van der Waals surface area contributed by atoms with Crippen LogP contribution in [-0.2, 0) is 9.59 Å². The SMILES string of the molecule is O=C(NC1CCCCC1CO)C1CCCN(C(=O)C2CC2)C1. The zero-order valence-electron chi connectivity index (χ0n) is 13.3. The molecule has 0 aromatic carbocycles. The van der Waals surface area contributed by atoms with Crippen LogP contribution in [0.5, 0.6) is 0 Å². The van der Waals surface area contributed by atoms with Crippen molar-refractivity contribution in [1.82, 2.24) is 10.2 Å². The van der Waals surface area contributed by atoms with Gasteiger partial charge in [-0.15, -0.1) is 0 Å². The van der Waals surface area contributed by atoms with Gasteiger partial charge in [-0.25, -0.2) is 0 Å². The van der Waals surface area contributed by atoms with Crippen LogP contribution >= 0.6 is 0 Å². The molecule has 2 saturated carbocycles. The van der Waals surface area contributed by atoms with E-state index in [1.54, 1.807) is 0 Å². The van der Waals surface area contributed by atoms with Gasteiger partial charge >= 0.3 is 0 Å². The molecule has 0 aromatic rings. The monoisotopic (exact) mass is 308 g/mol. The number of nitrogens with zero attached hydrogens (tertiary/aromatic N) is 1. The van der Waals surface area contributed by atoms with Crippen LogP contribution in [0.15, 0.2) is 0 Å². The van der Waals surface area contributed by atoms with Crippen LogP contribution < -0.4 is 5.32 Å². The number of likely N-dealkylation sites (tertiary alicyclic amines) is 1. The van der Waals surface area contributed by atoms with Crippen LogP contribution in [0.25, 0.3) is 0 Å². The molecule has 5 heteroatoms. The Kier molecular flexibility index (Phi) is 5.01. The molecule has 3 aliphatic rings. The number of amides is 2. The van der Waals surface area contributed by atoms with E-state index in [-0.39, 0.29) is 42.2 Å². The van der Waals surface area contributed by atoms with Crippen molar-refractivity contribution in [3.63, 3.8) is 0 Å². The number of hydrogen-bond acceptors (Lipinski definition) is 3. The number of nitrogens with one attached hydrogen (secondary N) is 1. The molecule has 3 unspecified atom stereocenters. The smallest absolute Gasteiger partial charge is 0.225 e. The Morgan fingerprint density at radius 3 is 2.50 bits per heavy atom. The van der Waals surface area contributed by atoms with Gasteiger partial charge in [0, 0.05) is 37.6 Å². The van der Waals surface area contributed by atoms with Crippen molar-refractivity contribution in [2.75, 3.05) is 19.7 Å². The lowest BCUT2D eigenvalue weighted by Crippen LogP contribution is -2.50. The normalized spacial score (nSPS) is 32.6. The van der Waals surface area contributed by atoms with Gasteiger partial charge in [-0.2, -0.15) is 0 Å². The minimum atomic E-state index is -0.0716. The molecule has 2 amide bonds. The Balaban J connectivity index is 1.53. The molecule has 3 atom stereocenters. The van der Waals surface area contributed by atoms with E-state index in [0.29, 0.717) is 6.54 Å². The maximum absolute atomic E-state index is 12.6. The third-order valence-corrected chi connectivity index (χ3v) is 5.50. The molecule has 124 valence electrons. The largest absolute Gasteiger partial charge is 0.396 e. The van der Waals surface area contributed by atoms with Gasteiger partial charge in [0.05, 0.1) is 5.92 Å². The minimum Gasteiger partial charge on any atom is -0.396 e. The highest BCUT2D eigenvalue weighted by Crippen LogP contribution is 2.32. The Hall–Kier alpha value is -1.10. The molecule has 5 nitrogen and oxygen atoms in total. The topological polar surface area (TPSA) is 69.6 Å². The van der Waals surface area contributed by atoms with Gasteiger partial charge in [0.15, 0.2) is 0 Å². The molecule has 0 bridgehead atoms. The Bertz CT molecular complexity index is 422. The quantitative estimate of drug-likeness (QED) is 0.822. The molecule has 2 aliphatic carbocycles. The predicted molar refractivity (Wildman–Crippen MR) is 83.0 cm³/mol. The third kappa shape index (κ3) is 3.62. The fourth-order valence-corrected chi connectivity index (χ4v) is 3.90. The lowest BCUT2D eigenvalue weighted by atomic mass is 9.84. The van der Waals surface area contributed by atoms with E-state index in [1.165, 1.54) is 0 Å². The molecular formula is C17H28N2O3. The fraction of sp³-hybridized carbons (Fsp3) is 0.882. The van der Waals surface area contributed by atoms with Gasteiger partial charge in [-0.1, -0.05) is 12.8 Å². The molecule has 3 rings (SSSR count). The van der Waals surface area contributed by atoms with Crippen molar-refractivity contribution in [1.29, 1.82) is 0 Å². The Labute approximate surface area is 132 Å². The Morgan fingerprint density at radius 1 is 1.00 bits per heavy atom. The van der Waals surface area contributed by atoms with Gasteiger partial charge in [-0.05, 0) is 38.5 Å². The van der Waals surface area contributed by atoms with Crippen LogP contribution in [0.4, 0.5) is 0 Å². The first-order chi connectivity index (χ1) is 10.7. The molecule has 3 fully saturated rings. The van der Waals surface area contributed by atoms with Crippen molar-refractivity contribution in [2.24, 2.45) is 17.8 Å². The second kappa shape index (κ2) is 6.99. The average molecular weight is 308 g/mol. The van der Waals surface area contributed by atoms with Gasteiger partial charge in [-0.3, -0.25) is 9.59 Å². The van der Waals surface area contributed by atoms with E-state index < -0.39 is 0 Å². The molecule has 2 N–H and O–H groups in total. The number of carbonyl (C=O) groups excluding carboxylic acids is 2. The summed E-state index contributed by atoms with van der Waals surface area (Å²) in [6.45, 7) is 1.54. The molecule has 0 aromatic heterocycles. The van der Waals surface area contributed by atoms with Crippen LogP contribution in [0.1, 0.15) is 51.4 Å². The number of aliphatic hydroxyl groups is 1. The van der Waals surface area contributed by atoms with Crippen LogP contribution in [0, 0.1) is 17.8 Å². The summed E-state index contributed by atoms with van der Waals surface area (Å²) < 4.78 is 0. The van der Waals surface area contributed by atoms with E-state index in [1.807, 2.05) is 4.90 Å². The van der Waals surface area contributed by atoms with Crippen LogP contribution in [0.3, 0.4) is 0 Å². The van der Waals surface area contributed by atoms with E-state index in [0.717, 1.165) is 57.9 Å². The zero-order valence-corrected chi connectivity index (χ0v) is 13.3. The zero-order chi connectivity index (χ0) is 15.5. The first-order valence-electron chi connectivity index (χ1n) is 8.89.